The van der Waals surface area contributed by atoms with Gasteiger partial charge in [-0.3, -0.25) is 0 Å². The highest BCUT2D eigenvalue weighted by Crippen LogP contribution is 2.28. The molecule has 0 unspecified atom stereocenters. The zero-order valence-electron chi connectivity index (χ0n) is 6.89. The van der Waals surface area contributed by atoms with E-state index in [0.29, 0.717) is 6.04 Å². The van der Waals surface area contributed by atoms with Gasteiger partial charge in [-0.25, -0.2) is 0 Å². The van der Waals surface area contributed by atoms with Crippen LogP contribution in [0.2, 0.25) is 5.02 Å². The highest BCUT2D eigenvalue weighted by Gasteiger charge is 2.12. The summed E-state index contributed by atoms with van der Waals surface area (Å²) in [7, 11) is 0. The van der Waals surface area contributed by atoms with E-state index in [9.17, 15) is 0 Å². The minimum atomic E-state index is 0.485. The molecule has 64 valence electrons. The molecule has 1 atom stereocenters. The topological polar surface area (TPSA) is 24.1 Å². The maximum absolute atomic E-state index is 5.85. The highest BCUT2D eigenvalue weighted by molar-refractivity contribution is 6.31. The Morgan fingerprint density at radius 1 is 1.42 bits per heavy atom. The lowest BCUT2D eigenvalue weighted by Gasteiger charge is -2.25. The maximum Gasteiger partial charge on any atom is 0.0591 e. The van der Waals surface area contributed by atoms with Crippen molar-refractivity contribution in [3.05, 3.63) is 23.2 Å². The predicted molar refractivity (Wildman–Crippen MR) is 53.0 cm³/mol. The molecule has 1 heterocycles. The smallest absolute Gasteiger partial charge is 0.0591 e. The van der Waals surface area contributed by atoms with Gasteiger partial charge in [-0.1, -0.05) is 11.6 Å². The van der Waals surface area contributed by atoms with Crippen molar-refractivity contribution >= 4 is 23.0 Å². The van der Waals surface area contributed by atoms with Crippen LogP contribution >= 0.6 is 11.6 Å². The van der Waals surface area contributed by atoms with Gasteiger partial charge in [0.05, 0.1) is 11.4 Å². The molecule has 0 saturated carbocycles. The molecule has 1 aromatic rings. The zero-order chi connectivity index (χ0) is 8.55. The van der Waals surface area contributed by atoms with Gasteiger partial charge < -0.3 is 10.6 Å². The third-order valence-electron chi connectivity index (χ3n) is 1.98. The van der Waals surface area contributed by atoms with E-state index in [1.54, 1.807) is 0 Å². The number of hydrogen-bond donors (Lipinski definition) is 2. The minimum absolute atomic E-state index is 0.485. The van der Waals surface area contributed by atoms with Crippen LogP contribution in [0.5, 0.6) is 0 Å². The quantitative estimate of drug-likeness (QED) is 0.645. The maximum atomic E-state index is 5.85. The third kappa shape index (κ3) is 1.34. The minimum Gasteiger partial charge on any atom is -0.381 e. The Labute approximate surface area is 76.9 Å². The zero-order valence-corrected chi connectivity index (χ0v) is 7.65. The van der Waals surface area contributed by atoms with E-state index < -0.39 is 0 Å². The first-order chi connectivity index (χ1) is 5.75. The number of nitrogens with one attached hydrogen (secondary N) is 2. The molecule has 2 nitrogen and oxygen atoms in total. The van der Waals surface area contributed by atoms with Crippen LogP contribution in [0.3, 0.4) is 0 Å². The van der Waals surface area contributed by atoms with Crippen LogP contribution in [0.15, 0.2) is 18.2 Å². The second-order valence-corrected chi connectivity index (χ2v) is 3.55. The van der Waals surface area contributed by atoms with E-state index in [-0.39, 0.29) is 0 Å². The fourth-order valence-corrected chi connectivity index (χ4v) is 1.54. The molecule has 0 amide bonds. The molecule has 1 aliphatic heterocycles. The number of rotatable bonds is 0. The van der Waals surface area contributed by atoms with Crippen LogP contribution in [0.4, 0.5) is 11.4 Å². The summed E-state index contributed by atoms with van der Waals surface area (Å²) in [6.07, 6.45) is 0. The lowest BCUT2D eigenvalue weighted by molar-refractivity contribution is 0.818. The van der Waals surface area contributed by atoms with Crippen molar-refractivity contribution in [1.29, 1.82) is 0 Å². The van der Waals surface area contributed by atoms with Crippen molar-refractivity contribution in [2.75, 3.05) is 17.2 Å². The number of hydrogen-bond acceptors (Lipinski definition) is 2. The second kappa shape index (κ2) is 2.87. The first-order valence-electron chi connectivity index (χ1n) is 4.05. The summed E-state index contributed by atoms with van der Waals surface area (Å²) in [5.41, 5.74) is 2.23. The Bertz CT molecular complexity index is 299. The molecule has 1 aromatic carbocycles. The fraction of sp³-hybridized carbons (Fsp3) is 0.333. The molecule has 0 aromatic heterocycles. The molecular weight excluding hydrogens is 172 g/mol. The summed E-state index contributed by atoms with van der Waals surface area (Å²) in [5, 5.41) is 7.45. The Morgan fingerprint density at radius 3 is 3.08 bits per heavy atom. The van der Waals surface area contributed by atoms with E-state index in [2.05, 4.69) is 17.6 Å². The van der Waals surface area contributed by atoms with Gasteiger partial charge in [-0.2, -0.15) is 0 Å². The van der Waals surface area contributed by atoms with Crippen LogP contribution in [0.1, 0.15) is 6.92 Å². The summed E-state index contributed by atoms with van der Waals surface area (Å²) in [4.78, 5) is 0. The number of fused-ring (bicyclic) bond motifs is 1. The van der Waals surface area contributed by atoms with Crippen molar-refractivity contribution < 1.29 is 0 Å². The van der Waals surface area contributed by atoms with E-state index >= 15 is 0 Å². The standard InChI is InChI=1S/C9H11ClN2/c1-6-5-11-9-4-7(10)2-3-8(9)12-6/h2-4,6,11-12H,5H2,1H3/t6-/m1/s1. The van der Waals surface area contributed by atoms with Crippen molar-refractivity contribution in [3.63, 3.8) is 0 Å². The molecular formula is C9H11ClN2. The lowest BCUT2D eigenvalue weighted by Crippen LogP contribution is -2.29. The van der Waals surface area contributed by atoms with Crippen LogP contribution in [0, 0.1) is 0 Å². The van der Waals surface area contributed by atoms with Crippen LogP contribution in [0.25, 0.3) is 0 Å². The van der Waals surface area contributed by atoms with Crippen LogP contribution in [-0.2, 0) is 0 Å². The van der Waals surface area contributed by atoms with Gasteiger partial charge in [0, 0.05) is 17.6 Å². The normalized spacial score (nSPS) is 20.7. The molecule has 0 aliphatic carbocycles. The fourth-order valence-electron chi connectivity index (χ4n) is 1.37. The summed E-state index contributed by atoms with van der Waals surface area (Å²) < 4.78 is 0. The van der Waals surface area contributed by atoms with E-state index in [0.717, 1.165) is 22.9 Å². The molecule has 2 N–H and O–H groups in total. The van der Waals surface area contributed by atoms with Gasteiger partial charge in [-0.15, -0.1) is 0 Å². The molecule has 1 aliphatic rings. The van der Waals surface area contributed by atoms with Crippen molar-refractivity contribution in [1.82, 2.24) is 0 Å². The predicted octanol–water partition coefficient (Wildman–Crippen LogP) is 2.57. The van der Waals surface area contributed by atoms with Gasteiger partial charge in [0.2, 0.25) is 0 Å². The molecule has 12 heavy (non-hydrogen) atoms. The average molecular weight is 183 g/mol. The third-order valence-corrected chi connectivity index (χ3v) is 2.22. The summed E-state index contributed by atoms with van der Waals surface area (Å²) >= 11 is 5.85. The van der Waals surface area contributed by atoms with Crippen molar-refractivity contribution in [2.45, 2.75) is 13.0 Å². The first kappa shape index (κ1) is 7.74. The molecule has 0 spiro atoms. The molecule has 0 fully saturated rings. The number of halogens is 1. The monoisotopic (exact) mass is 182 g/mol. The average Bonchev–Trinajstić information content (AvgIpc) is 2.05. The van der Waals surface area contributed by atoms with Gasteiger partial charge in [0.15, 0.2) is 0 Å². The van der Waals surface area contributed by atoms with E-state index in [1.807, 2.05) is 18.2 Å². The Morgan fingerprint density at radius 2 is 2.25 bits per heavy atom. The van der Waals surface area contributed by atoms with E-state index in [1.165, 1.54) is 0 Å². The van der Waals surface area contributed by atoms with Gasteiger partial charge in [-0.05, 0) is 25.1 Å². The Balaban J connectivity index is 2.37. The lowest BCUT2D eigenvalue weighted by atomic mass is 10.2. The van der Waals surface area contributed by atoms with Gasteiger partial charge in [0.1, 0.15) is 0 Å². The summed E-state index contributed by atoms with van der Waals surface area (Å²) in [6.45, 7) is 3.10. The Hall–Kier alpha value is -0.890. The molecule has 2 rings (SSSR count). The van der Waals surface area contributed by atoms with Crippen molar-refractivity contribution in [2.24, 2.45) is 0 Å². The molecule has 0 saturated heterocycles. The van der Waals surface area contributed by atoms with Crippen LogP contribution in [-0.4, -0.2) is 12.6 Å². The van der Waals surface area contributed by atoms with Gasteiger partial charge >= 0.3 is 0 Å². The van der Waals surface area contributed by atoms with Crippen molar-refractivity contribution in [3.8, 4) is 0 Å². The first-order valence-corrected chi connectivity index (χ1v) is 4.43. The summed E-state index contributed by atoms with van der Waals surface area (Å²) in [6, 6.07) is 6.32. The van der Waals surface area contributed by atoms with Crippen LogP contribution < -0.4 is 10.6 Å². The SMILES string of the molecule is C[C@@H]1CNc2cc(Cl)ccc2N1. The molecule has 0 radical (unpaired) electrons. The van der Waals surface area contributed by atoms with Gasteiger partial charge in [0.25, 0.3) is 0 Å². The summed E-state index contributed by atoms with van der Waals surface area (Å²) in [5.74, 6) is 0. The molecule has 0 bridgehead atoms. The molecule has 3 heteroatoms. The van der Waals surface area contributed by atoms with E-state index in [4.69, 9.17) is 11.6 Å². The Kier molecular flexibility index (Phi) is 1.85. The highest BCUT2D eigenvalue weighted by atomic mass is 35.5. The second-order valence-electron chi connectivity index (χ2n) is 3.12. The number of benzene rings is 1. The largest absolute Gasteiger partial charge is 0.381 e. The number of anilines is 2.